The third-order valence-electron chi connectivity index (χ3n) is 5.57. The van der Waals surface area contributed by atoms with Crippen LogP contribution in [-0.4, -0.2) is 53.7 Å². The summed E-state index contributed by atoms with van der Waals surface area (Å²) in [6, 6.07) is 20.8. The van der Waals surface area contributed by atoms with Crippen LogP contribution in [0.4, 0.5) is 0 Å². The molecule has 0 atom stereocenters. The van der Waals surface area contributed by atoms with Gasteiger partial charge in [0.25, 0.3) is 0 Å². The number of hydrogen-bond donors (Lipinski definition) is 1. The van der Waals surface area contributed by atoms with Crippen molar-refractivity contribution < 1.29 is 0 Å². The van der Waals surface area contributed by atoms with E-state index in [1.807, 2.05) is 41.0 Å². The normalized spacial score (nSPS) is 11.4. The molecule has 5 aromatic rings. The van der Waals surface area contributed by atoms with E-state index in [4.69, 9.17) is 0 Å². The minimum atomic E-state index is 0.603. The van der Waals surface area contributed by atoms with Crippen molar-refractivity contribution in [1.29, 1.82) is 0 Å². The summed E-state index contributed by atoms with van der Waals surface area (Å²) in [5.74, 6) is 0.603. The van der Waals surface area contributed by atoms with Gasteiger partial charge in [0, 0.05) is 30.1 Å². The van der Waals surface area contributed by atoms with Crippen molar-refractivity contribution in [1.82, 2.24) is 40.1 Å². The van der Waals surface area contributed by atoms with E-state index in [0.29, 0.717) is 5.82 Å². The fourth-order valence-electron chi connectivity index (χ4n) is 3.99. The maximum atomic E-state index is 4.37. The first kappa shape index (κ1) is 20.0. The van der Waals surface area contributed by atoms with Crippen LogP contribution in [0.25, 0.3) is 28.2 Å². The number of benzene rings is 2. The van der Waals surface area contributed by atoms with Gasteiger partial charge in [-0.25, -0.2) is 9.50 Å². The fourth-order valence-corrected chi connectivity index (χ4v) is 3.99. The van der Waals surface area contributed by atoms with Gasteiger partial charge in [0.1, 0.15) is 0 Å². The number of nitrogens with zero attached hydrogens (tertiary/aromatic N) is 7. The van der Waals surface area contributed by atoms with Gasteiger partial charge in [-0.1, -0.05) is 48.5 Å². The number of H-pyrrole nitrogens is 1. The van der Waals surface area contributed by atoms with Gasteiger partial charge >= 0.3 is 0 Å². The molecule has 0 aliphatic rings. The van der Waals surface area contributed by atoms with Crippen LogP contribution in [0.5, 0.6) is 0 Å². The molecule has 0 saturated heterocycles. The average Bonchev–Trinajstić information content (AvgIpc) is 3.52. The summed E-state index contributed by atoms with van der Waals surface area (Å²) in [5.41, 5.74) is 6.57. The number of nitrogens with one attached hydrogen (secondary N) is 1. The van der Waals surface area contributed by atoms with Crippen LogP contribution >= 0.6 is 0 Å². The lowest BCUT2D eigenvalue weighted by atomic mass is 9.98. The van der Waals surface area contributed by atoms with E-state index in [9.17, 15) is 0 Å². The summed E-state index contributed by atoms with van der Waals surface area (Å²) in [6.45, 7) is 1.91. The molecular weight excluding hydrogens is 400 g/mol. The lowest BCUT2D eigenvalue weighted by molar-refractivity contribution is 0.321. The molecule has 3 heterocycles. The van der Waals surface area contributed by atoms with Gasteiger partial charge in [-0.15, -0.1) is 10.2 Å². The van der Waals surface area contributed by atoms with Crippen LogP contribution in [0.3, 0.4) is 0 Å². The van der Waals surface area contributed by atoms with Gasteiger partial charge < -0.3 is 4.90 Å². The third kappa shape index (κ3) is 4.26. The van der Waals surface area contributed by atoms with E-state index in [1.54, 1.807) is 6.20 Å². The summed E-state index contributed by atoms with van der Waals surface area (Å²) in [6.07, 6.45) is 5.68. The number of aromatic nitrogens is 7. The molecule has 1 N–H and O–H groups in total. The Morgan fingerprint density at radius 1 is 0.938 bits per heavy atom. The molecule has 8 heteroatoms. The lowest BCUT2D eigenvalue weighted by Gasteiger charge is -2.17. The second kappa shape index (κ2) is 9.07. The zero-order valence-electron chi connectivity index (χ0n) is 17.9. The van der Waals surface area contributed by atoms with Crippen LogP contribution < -0.4 is 0 Å². The summed E-state index contributed by atoms with van der Waals surface area (Å²) in [5, 5.41) is 18.8. The molecule has 0 radical (unpaired) electrons. The largest absolute Gasteiger partial charge is 0.302 e. The molecule has 0 fully saturated rings. The zero-order chi connectivity index (χ0) is 21.8. The Morgan fingerprint density at radius 3 is 2.59 bits per heavy atom. The number of aryl methyl sites for hydroxylation is 1. The van der Waals surface area contributed by atoms with Crippen molar-refractivity contribution in [2.45, 2.75) is 19.4 Å². The molecule has 0 aliphatic carbocycles. The highest BCUT2D eigenvalue weighted by atomic mass is 15.5. The molecule has 2 aromatic carbocycles. The van der Waals surface area contributed by atoms with Gasteiger partial charge in [-0.3, -0.25) is 0 Å². The maximum absolute atomic E-state index is 4.37. The van der Waals surface area contributed by atoms with Crippen molar-refractivity contribution in [3.63, 3.8) is 0 Å². The fraction of sp³-hybridized carbons (Fsp3) is 0.208. The summed E-state index contributed by atoms with van der Waals surface area (Å²) >= 11 is 0. The summed E-state index contributed by atoms with van der Waals surface area (Å²) in [4.78, 5) is 6.68. The number of fused-ring (bicyclic) bond motifs is 1. The van der Waals surface area contributed by atoms with Crippen molar-refractivity contribution >= 4 is 5.65 Å². The van der Waals surface area contributed by atoms with E-state index < -0.39 is 0 Å². The van der Waals surface area contributed by atoms with Gasteiger partial charge in [-0.2, -0.15) is 10.3 Å². The van der Waals surface area contributed by atoms with Crippen LogP contribution in [0, 0.1) is 0 Å². The Morgan fingerprint density at radius 2 is 1.78 bits per heavy atom. The first-order valence-corrected chi connectivity index (χ1v) is 10.7. The molecule has 0 saturated carbocycles. The summed E-state index contributed by atoms with van der Waals surface area (Å²) in [7, 11) is 2.16. The number of tetrazole rings is 1. The van der Waals surface area contributed by atoms with E-state index in [-0.39, 0.29) is 0 Å². The molecule has 0 bridgehead atoms. The SMILES string of the molecule is CN(CCCc1ccnc2ccnn12)Cc1ccc(-c2ccccc2-c2nn[nH]n2)cc1. The molecule has 0 unspecified atom stereocenters. The summed E-state index contributed by atoms with van der Waals surface area (Å²) < 4.78 is 1.92. The Balaban J connectivity index is 1.20. The van der Waals surface area contributed by atoms with Crippen LogP contribution in [0.1, 0.15) is 17.7 Å². The second-order valence-corrected chi connectivity index (χ2v) is 7.86. The number of aromatic amines is 1. The van der Waals surface area contributed by atoms with E-state index in [2.05, 4.69) is 73.0 Å². The molecule has 0 amide bonds. The Kier molecular flexibility index (Phi) is 5.67. The average molecular weight is 425 g/mol. The Bertz CT molecular complexity index is 1290. The lowest BCUT2D eigenvalue weighted by Crippen LogP contribution is -2.19. The molecule has 8 nitrogen and oxygen atoms in total. The smallest absolute Gasteiger partial charge is 0.205 e. The van der Waals surface area contributed by atoms with Gasteiger partial charge in [-0.05, 0) is 54.4 Å². The highest BCUT2D eigenvalue weighted by Crippen LogP contribution is 2.29. The van der Waals surface area contributed by atoms with Gasteiger partial charge in [0.15, 0.2) is 5.65 Å². The van der Waals surface area contributed by atoms with Crippen molar-refractivity contribution in [2.24, 2.45) is 0 Å². The zero-order valence-corrected chi connectivity index (χ0v) is 17.9. The van der Waals surface area contributed by atoms with Crippen LogP contribution in [-0.2, 0) is 13.0 Å². The van der Waals surface area contributed by atoms with Crippen LogP contribution in [0.2, 0.25) is 0 Å². The molecule has 3 aromatic heterocycles. The topological polar surface area (TPSA) is 87.9 Å². The van der Waals surface area contributed by atoms with Gasteiger partial charge in [0.2, 0.25) is 5.82 Å². The first-order valence-electron chi connectivity index (χ1n) is 10.7. The first-order chi connectivity index (χ1) is 15.8. The highest BCUT2D eigenvalue weighted by Gasteiger charge is 2.11. The van der Waals surface area contributed by atoms with E-state index >= 15 is 0 Å². The van der Waals surface area contributed by atoms with Crippen molar-refractivity contribution in [3.8, 4) is 22.5 Å². The minimum Gasteiger partial charge on any atom is -0.302 e. The van der Waals surface area contributed by atoms with Crippen molar-refractivity contribution in [2.75, 3.05) is 13.6 Å². The predicted octanol–water partition coefficient (Wildman–Crippen LogP) is 3.64. The monoisotopic (exact) mass is 424 g/mol. The van der Waals surface area contributed by atoms with Crippen LogP contribution in [0.15, 0.2) is 73.1 Å². The molecular formula is C24H24N8. The molecule has 5 rings (SSSR count). The Hall–Kier alpha value is -3.91. The van der Waals surface area contributed by atoms with E-state index in [1.165, 1.54) is 11.3 Å². The molecule has 0 spiro atoms. The Labute approximate surface area is 185 Å². The number of hydrogen-bond acceptors (Lipinski definition) is 6. The molecule has 0 aliphatic heterocycles. The number of rotatable bonds is 8. The van der Waals surface area contributed by atoms with Crippen molar-refractivity contribution in [3.05, 3.63) is 84.3 Å². The van der Waals surface area contributed by atoms with E-state index in [0.717, 1.165) is 48.3 Å². The highest BCUT2D eigenvalue weighted by molar-refractivity contribution is 5.80. The standard InChI is InChI=1S/C24H24N8/c1-31(16-4-5-20-12-14-25-23-13-15-26-32(20)23)17-18-8-10-19(11-9-18)21-6-2-3-7-22(21)24-27-29-30-28-24/h2-3,6-15H,4-5,16-17H2,1H3,(H,27,28,29,30). The maximum Gasteiger partial charge on any atom is 0.205 e. The molecule has 32 heavy (non-hydrogen) atoms. The quantitative estimate of drug-likeness (QED) is 0.409. The minimum absolute atomic E-state index is 0.603. The third-order valence-corrected chi connectivity index (χ3v) is 5.57. The molecule has 160 valence electrons. The van der Waals surface area contributed by atoms with Gasteiger partial charge in [0.05, 0.1) is 6.20 Å². The predicted molar refractivity (Wildman–Crippen MR) is 123 cm³/mol. The second-order valence-electron chi connectivity index (χ2n) is 7.86.